The first-order chi connectivity index (χ1) is 19.8. The Balaban J connectivity index is 0.000000316. The number of rotatable bonds is 11. The number of carbonyl (C=O) groups is 4. The van der Waals surface area contributed by atoms with Crippen molar-refractivity contribution in [3.8, 4) is 0 Å². The van der Waals surface area contributed by atoms with Crippen LogP contribution in [0, 0.1) is 0 Å². The number of aliphatic carboxylic acids is 3. The maximum Gasteiger partial charge on any atom is 0.336 e. The number of likely N-dealkylation sites (tertiary alicyclic amines) is 1. The van der Waals surface area contributed by atoms with E-state index in [-0.39, 0.29) is 11.7 Å². The molecule has 4 N–H and O–H groups in total. The molecule has 0 spiro atoms. The number of amides is 1. The zero-order valence-electron chi connectivity index (χ0n) is 23.5. The minimum atomic E-state index is -3.11. The summed E-state index contributed by atoms with van der Waals surface area (Å²) in [4.78, 5) is 47.4. The second-order valence-corrected chi connectivity index (χ2v) is 12.7. The summed E-state index contributed by atoms with van der Waals surface area (Å²) in [6.45, 7) is 7.13. The number of para-hydroxylation sites is 1. The van der Waals surface area contributed by atoms with Crippen LogP contribution in [0.3, 0.4) is 0 Å². The lowest BCUT2D eigenvalue weighted by Gasteiger charge is -2.33. The minimum absolute atomic E-state index is 0.158. The molecule has 4 rings (SSSR count). The van der Waals surface area contributed by atoms with Gasteiger partial charge in [0.2, 0.25) is 15.9 Å². The number of sulfonamides is 1. The Kier molecular flexibility index (Phi) is 11.1. The van der Waals surface area contributed by atoms with Gasteiger partial charge in [-0.1, -0.05) is 18.2 Å². The molecule has 0 aliphatic carbocycles. The van der Waals surface area contributed by atoms with E-state index >= 15 is 0 Å². The number of hydrogen-bond acceptors (Lipinski definition) is 8. The molecule has 2 saturated heterocycles. The third kappa shape index (κ3) is 8.50. The normalized spacial score (nSPS) is 16.7. The summed E-state index contributed by atoms with van der Waals surface area (Å²) >= 11 is 0. The van der Waals surface area contributed by atoms with Crippen molar-refractivity contribution >= 4 is 44.7 Å². The van der Waals surface area contributed by atoms with Gasteiger partial charge in [-0.25, -0.2) is 13.2 Å². The van der Waals surface area contributed by atoms with Gasteiger partial charge in [0.25, 0.3) is 0 Å². The maximum absolute atomic E-state index is 12.6. The van der Waals surface area contributed by atoms with E-state index in [0.717, 1.165) is 51.1 Å². The molecular weight excluding hydrogens is 572 g/mol. The Labute approximate surface area is 243 Å². The van der Waals surface area contributed by atoms with E-state index in [1.807, 2.05) is 17.0 Å². The summed E-state index contributed by atoms with van der Waals surface area (Å²) in [5.74, 6) is -4.67. The molecule has 0 unspecified atom stereocenters. The zero-order valence-corrected chi connectivity index (χ0v) is 24.3. The predicted octanol–water partition coefficient (Wildman–Crippen LogP) is 0.483. The minimum Gasteiger partial charge on any atom is -0.481 e. The summed E-state index contributed by atoms with van der Waals surface area (Å²) in [5, 5.41) is 35.0. The molecule has 1 amide bonds. The highest BCUT2D eigenvalue weighted by Crippen LogP contribution is 2.24. The van der Waals surface area contributed by atoms with Crippen LogP contribution in [0.2, 0.25) is 0 Å². The average Bonchev–Trinajstić information content (AvgIpc) is 3.58. The first-order valence-corrected chi connectivity index (χ1v) is 15.3. The van der Waals surface area contributed by atoms with Crippen molar-refractivity contribution in [1.82, 2.24) is 18.7 Å². The number of aliphatic hydroxyl groups is 1. The van der Waals surface area contributed by atoms with Gasteiger partial charge in [0.05, 0.1) is 18.6 Å². The molecule has 0 radical (unpaired) electrons. The van der Waals surface area contributed by atoms with Gasteiger partial charge in [0, 0.05) is 62.9 Å². The summed E-state index contributed by atoms with van der Waals surface area (Å²) in [7, 11) is -3.11. The van der Waals surface area contributed by atoms with Crippen LogP contribution < -0.4 is 0 Å². The van der Waals surface area contributed by atoms with Gasteiger partial charge in [-0.15, -0.1) is 0 Å². The number of hydrogen-bond donors (Lipinski definition) is 4. The van der Waals surface area contributed by atoms with Crippen LogP contribution in [0.5, 0.6) is 0 Å². The summed E-state index contributed by atoms with van der Waals surface area (Å²) in [6.07, 6.45) is 2.02. The molecule has 2 aromatic rings. The van der Waals surface area contributed by atoms with Gasteiger partial charge >= 0.3 is 17.9 Å². The predicted molar refractivity (Wildman–Crippen MR) is 151 cm³/mol. The zero-order chi connectivity index (χ0) is 31.1. The number of aromatic nitrogens is 1. The van der Waals surface area contributed by atoms with Crippen molar-refractivity contribution in [2.45, 2.75) is 51.3 Å². The van der Waals surface area contributed by atoms with E-state index < -0.39 is 46.4 Å². The Bertz CT molecular complexity index is 1380. The fraction of sp³-hybridized carbons (Fsp3) is 0.556. The number of carboxylic acid groups (broad SMARTS) is 3. The number of fused-ring (bicyclic) bond motifs is 1. The molecule has 3 heterocycles. The summed E-state index contributed by atoms with van der Waals surface area (Å²) in [6, 6.07) is 8.22. The van der Waals surface area contributed by atoms with E-state index in [4.69, 9.17) is 20.4 Å². The van der Waals surface area contributed by atoms with Gasteiger partial charge in [-0.3, -0.25) is 19.3 Å². The molecule has 15 heteroatoms. The highest BCUT2D eigenvalue weighted by atomic mass is 32.2. The van der Waals surface area contributed by atoms with Gasteiger partial charge in [0.1, 0.15) is 6.54 Å². The largest absolute Gasteiger partial charge is 0.481 e. The third-order valence-corrected chi connectivity index (χ3v) is 9.29. The second kappa shape index (κ2) is 14.1. The molecule has 2 aliphatic rings. The lowest BCUT2D eigenvalue weighted by Crippen LogP contribution is -2.48. The molecule has 2 aliphatic heterocycles. The van der Waals surface area contributed by atoms with Crippen molar-refractivity contribution in [3.63, 3.8) is 0 Å². The molecule has 14 nitrogen and oxygen atoms in total. The van der Waals surface area contributed by atoms with Crippen molar-refractivity contribution in [2.24, 2.45) is 0 Å². The van der Waals surface area contributed by atoms with Crippen LogP contribution in [-0.2, 0) is 42.3 Å². The molecule has 1 aromatic carbocycles. The van der Waals surface area contributed by atoms with Crippen molar-refractivity contribution < 1.29 is 48.0 Å². The Hall–Kier alpha value is -3.53. The Morgan fingerprint density at radius 1 is 0.881 bits per heavy atom. The second-order valence-electron chi connectivity index (χ2n) is 10.4. The lowest BCUT2D eigenvalue weighted by molar-refractivity contribution is -0.170. The number of benzene rings is 1. The number of nitrogens with zero attached hydrogens (tertiary/aromatic N) is 4. The van der Waals surface area contributed by atoms with Gasteiger partial charge in [0.15, 0.2) is 5.60 Å². The molecule has 232 valence electrons. The van der Waals surface area contributed by atoms with Gasteiger partial charge in [-0.2, -0.15) is 4.31 Å². The van der Waals surface area contributed by atoms with Crippen LogP contribution in [-0.4, -0.2) is 122 Å². The third-order valence-electron chi connectivity index (χ3n) is 7.40. The Morgan fingerprint density at radius 3 is 1.98 bits per heavy atom. The molecule has 1 aromatic heterocycles. The van der Waals surface area contributed by atoms with E-state index in [0.29, 0.717) is 19.6 Å². The quantitative estimate of drug-likeness (QED) is 0.276. The van der Waals surface area contributed by atoms with Gasteiger partial charge < -0.3 is 29.9 Å². The number of carboxylic acids is 3. The van der Waals surface area contributed by atoms with Crippen molar-refractivity contribution in [3.05, 3.63) is 36.0 Å². The average molecular weight is 611 g/mol. The van der Waals surface area contributed by atoms with Crippen LogP contribution in [0.1, 0.15) is 38.2 Å². The van der Waals surface area contributed by atoms with Crippen LogP contribution in [0.15, 0.2) is 30.5 Å². The van der Waals surface area contributed by atoms with Crippen molar-refractivity contribution in [1.29, 1.82) is 0 Å². The fourth-order valence-electron chi connectivity index (χ4n) is 5.10. The van der Waals surface area contributed by atoms with Crippen LogP contribution >= 0.6 is 0 Å². The molecule has 2 fully saturated rings. The number of carbonyl (C=O) groups excluding carboxylic acids is 1. The van der Waals surface area contributed by atoms with Crippen LogP contribution in [0.4, 0.5) is 0 Å². The summed E-state index contributed by atoms with van der Waals surface area (Å²) in [5.41, 5.74) is -0.457. The van der Waals surface area contributed by atoms with E-state index in [2.05, 4.69) is 27.8 Å². The van der Waals surface area contributed by atoms with E-state index in [1.54, 1.807) is 11.2 Å². The summed E-state index contributed by atoms with van der Waals surface area (Å²) < 4.78 is 27.8. The monoisotopic (exact) mass is 610 g/mol. The molecule has 0 atom stereocenters. The first-order valence-electron chi connectivity index (χ1n) is 13.7. The maximum atomic E-state index is 12.6. The highest BCUT2D eigenvalue weighted by Gasteiger charge is 2.40. The molecule has 0 saturated carbocycles. The van der Waals surface area contributed by atoms with Gasteiger partial charge in [-0.05, 0) is 31.4 Å². The molecule has 42 heavy (non-hydrogen) atoms. The first kappa shape index (κ1) is 33.0. The number of piperazine rings is 1. The smallest absolute Gasteiger partial charge is 0.336 e. The molecular formula is C27H38N4O10S. The Morgan fingerprint density at radius 2 is 1.45 bits per heavy atom. The fourth-order valence-corrected chi connectivity index (χ4v) is 6.18. The van der Waals surface area contributed by atoms with Crippen molar-refractivity contribution in [2.75, 3.05) is 45.0 Å². The van der Waals surface area contributed by atoms with Crippen LogP contribution in [0.25, 0.3) is 10.9 Å². The SMILES string of the molecule is CCS(=O)(=O)N1CCN(Cc2cn(CC(=O)N3CCCC3)c3ccccc23)CC1.O=C(O)CC(O)(CC(=O)O)C(=O)O. The molecule has 0 bridgehead atoms. The topological polar surface area (TPSA) is 198 Å². The highest BCUT2D eigenvalue weighted by molar-refractivity contribution is 7.89. The standard InChI is InChI=1S/C21H30N4O3S.C6H8O7/c1-2-29(27,28)25-13-11-22(12-14-25)15-18-16-24(20-8-4-3-7-19(18)20)17-21(26)23-9-5-6-10-23;7-3(8)1-6(13,5(11)12)2-4(9)10/h3-4,7-8,16H,2,5-6,9-15,17H2,1H3;13H,1-2H2,(H,7,8)(H,9,10)(H,11,12). The van der Waals surface area contributed by atoms with E-state index in [1.165, 1.54) is 10.9 Å². The van der Waals surface area contributed by atoms with E-state index in [9.17, 15) is 27.6 Å². The lowest BCUT2D eigenvalue weighted by atomic mass is 9.96.